The first-order valence-corrected chi connectivity index (χ1v) is 6.65. The summed E-state index contributed by atoms with van der Waals surface area (Å²) in [6.45, 7) is 6.12. The molecule has 2 atom stereocenters. The number of rotatable bonds is 5. The maximum Gasteiger partial charge on any atom is 0.129 e. The minimum absolute atomic E-state index is 0.317. The lowest BCUT2D eigenvalue weighted by atomic mass is 10.1. The fourth-order valence-electron chi connectivity index (χ4n) is 1.38. The zero-order chi connectivity index (χ0) is 12.1. The van der Waals surface area contributed by atoms with Crippen molar-refractivity contribution in [2.45, 2.75) is 38.5 Å². The molecule has 0 aliphatic heterocycles. The number of thioether (sulfide) groups is 1. The SMILES string of the molecule is CCC(C)SCC(O)c1cc(C)ccc1F. The zero-order valence-electron chi connectivity index (χ0n) is 10.0. The molecule has 90 valence electrons. The summed E-state index contributed by atoms with van der Waals surface area (Å²) in [7, 11) is 0. The summed E-state index contributed by atoms with van der Waals surface area (Å²) in [4.78, 5) is 0. The molecule has 0 radical (unpaired) electrons. The third-order valence-electron chi connectivity index (χ3n) is 2.62. The van der Waals surface area contributed by atoms with Gasteiger partial charge in [-0.05, 0) is 19.4 Å². The standard InChI is InChI=1S/C13H19FOS/c1-4-10(3)16-8-13(15)11-7-9(2)5-6-12(11)14/h5-7,10,13,15H,4,8H2,1-3H3. The van der Waals surface area contributed by atoms with Crippen LogP contribution in [-0.4, -0.2) is 16.1 Å². The van der Waals surface area contributed by atoms with Crippen LogP contribution in [0.4, 0.5) is 4.39 Å². The Morgan fingerprint density at radius 2 is 2.12 bits per heavy atom. The van der Waals surface area contributed by atoms with E-state index >= 15 is 0 Å². The van der Waals surface area contributed by atoms with Crippen molar-refractivity contribution in [2.24, 2.45) is 0 Å². The van der Waals surface area contributed by atoms with Crippen molar-refractivity contribution in [1.82, 2.24) is 0 Å². The molecule has 1 nitrogen and oxygen atoms in total. The van der Waals surface area contributed by atoms with Crippen LogP contribution in [-0.2, 0) is 0 Å². The van der Waals surface area contributed by atoms with E-state index in [0.29, 0.717) is 16.6 Å². The first kappa shape index (κ1) is 13.5. The van der Waals surface area contributed by atoms with Gasteiger partial charge in [0, 0.05) is 16.6 Å². The average Bonchev–Trinajstić information content (AvgIpc) is 2.28. The molecule has 0 fully saturated rings. The second-order valence-corrected chi connectivity index (χ2v) is 5.56. The van der Waals surface area contributed by atoms with E-state index in [0.717, 1.165) is 12.0 Å². The fourth-order valence-corrected chi connectivity index (χ4v) is 2.31. The Bertz CT molecular complexity index is 341. The van der Waals surface area contributed by atoms with Gasteiger partial charge in [-0.3, -0.25) is 0 Å². The Morgan fingerprint density at radius 1 is 1.44 bits per heavy atom. The van der Waals surface area contributed by atoms with Crippen molar-refractivity contribution < 1.29 is 9.50 Å². The quantitative estimate of drug-likeness (QED) is 0.849. The van der Waals surface area contributed by atoms with Crippen molar-refractivity contribution in [2.75, 3.05) is 5.75 Å². The van der Waals surface area contributed by atoms with Gasteiger partial charge in [0.05, 0.1) is 6.10 Å². The van der Waals surface area contributed by atoms with Gasteiger partial charge in [0.1, 0.15) is 5.82 Å². The van der Waals surface area contributed by atoms with E-state index in [1.165, 1.54) is 6.07 Å². The summed E-state index contributed by atoms with van der Waals surface area (Å²) in [6, 6.07) is 4.85. The van der Waals surface area contributed by atoms with Crippen LogP contribution in [0.2, 0.25) is 0 Å². The summed E-state index contributed by atoms with van der Waals surface area (Å²) in [6.07, 6.45) is 0.354. The summed E-state index contributed by atoms with van der Waals surface area (Å²) in [5, 5.41) is 10.4. The topological polar surface area (TPSA) is 20.2 Å². The lowest BCUT2D eigenvalue weighted by Gasteiger charge is -2.15. The minimum Gasteiger partial charge on any atom is -0.387 e. The molecule has 0 saturated heterocycles. The highest BCUT2D eigenvalue weighted by molar-refractivity contribution is 7.99. The molecule has 1 aromatic rings. The van der Waals surface area contributed by atoms with Crippen LogP contribution in [0.25, 0.3) is 0 Å². The third-order valence-corrected chi connectivity index (χ3v) is 4.03. The lowest BCUT2D eigenvalue weighted by Crippen LogP contribution is -2.06. The molecule has 0 spiro atoms. The molecule has 3 heteroatoms. The number of hydrogen-bond donors (Lipinski definition) is 1. The Balaban J connectivity index is 2.65. The number of halogens is 1. The number of hydrogen-bond acceptors (Lipinski definition) is 2. The summed E-state index contributed by atoms with van der Waals surface area (Å²) in [5.74, 6) is 0.234. The van der Waals surface area contributed by atoms with Gasteiger partial charge >= 0.3 is 0 Å². The molecule has 0 aliphatic carbocycles. The molecular weight excluding hydrogens is 223 g/mol. The van der Waals surface area contributed by atoms with Crippen LogP contribution in [0.3, 0.4) is 0 Å². The Hall–Kier alpha value is -0.540. The molecule has 1 N–H and O–H groups in total. The zero-order valence-corrected chi connectivity index (χ0v) is 10.9. The van der Waals surface area contributed by atoms with Gasteiger partial charge in [-0.25, -0.2) is 4.39 Å². The van der Waals surface area contributed by atoms with E-state index in [9.17, 15) is 9.50 Å². The van der Waals surface area contributed by atoms with Crippen LogP contribution in [0.5, 0.6) is 0 Å². The van der Waals surface area contributed by atoms with Crippen molar-refractivity contribution in [3.8, 4) is 0 Å². The highest BCUT2D eigenvalue weighted by atomic mass is 32.2. The molecule has 1 aromatic carbocycles. The Kier molecular flexibility index (Phi) is 5.29. The molecule has 1 rings (SSSR count). The second-order valence-electron chi connectivity index (χ2n) is 4.09. The Labute approximate surface area is 101 Å². The van der Waals surface area contributed by atoms with Crippen LogP contribution in [0.1, 0.15) is 37.5 Å². The largest absolute Gasteiger partial charge is 0.387 e. The number of aliphatic hydroxyl groups excluding tert-OH is 1. The maximum absolute atomic E-state index is 13.5. The van der Waals surface area contributed by atoms with Gasteiger partial charge in [0.25, 0.3) is 0 Å². The van der Waals surface area contributed by atoms with Crippen LogP contribution in [0.15, 0.2) is 18.2 Å². The van der Waals surface area contributed by atoms with Gasteiger partial charge in [-0.2, -0.15) is 11.8 Å². The van der Waals surface area contributed by atoms with Crippen molar-refractivity contribution in [1.29, 1.82) is 0 Å². The van der Waals surface area contributed by atoms with Crippen LogP contribution >= 0.6 is 11.8 Å². The molecule has 0 amide bonds. The number of aliphatic hydroxyl groups is 1. The lowest BCUT2D eigenvalue weighted by molar-refractivity contribution is 0.198. The maximum atomic E-state index is 13.5. The second kappa shape index (κ2) is 6.26. The van der Waals surface area contributed by atoms with E-state index in [1.54, 1.807) is 23.9 Å². The van der Waals surface area contributed by atoms with Crippen molar-refractivity contribution in [3.63, 3.8) is 0 Å². The van der Waals surface area contributed by atoms with E-state index < -0.39 is 6.10 Å². The first-order chi connectivity index (χ1) is 7.54. The molecule has 0 aliphatic rings. The third kappa shape index (κ3) is 3.80. The predicted molar refractivity (Wildman–Crippen MR) is 68.3 cm³/mol. The fraction of sp³-hybridized carbons (Fsp3) is 0.538. The van der Waals surface area contributed by atoms with Crippen molar-refractivity contribution in [3.05, 3.63) is 35.1 Å². The summed E-state index contributed by atoms with van der Waals surface area (Å²) in [5.41, 5.74) is 1.39. The van der Waals surface area contributed by atoms with Gasteiger partial charge < -0.3 is 5.11 Å². The molecule has 0 bridgehead atoms. The summed E-state index contributed by atoms with van der Waals surface area (Å²) >= 11 is 1.68. The first-order valence-electron chi connectivity index (χ1n) is 5.60. The highest BCUT2D eigenvalue weighted by Gasteiger charge is 2.14. The van der Waals surface area contributed by atoms with Gasteiger partial charge in [-0.1, -0.05) is 31.5 Å². The molecule has 0 aromatic heterocycles. The van der Waals surface area contributed by atoms with Gasteiger partial charge in [0.2, 0.25) is 0 Å². The van der Waals surface area contributed by atoms with Crippen LogP contribution < -0.4 is 0 Å². The highest BCUT2D eigenvalue weighted by Crippen LogP contribution is 2.25. The number of aryl methyl sites for hydroxylation is 1. The Morgan fingerprint density at radius 3 is 2.75 bits per heavy atom. The average molecular weight is 242 g/mol. The van der Waals surface area contributed by atoms with E-state index in [1.807, 2.05) is 6.92 Å². The van der Waals surface area contributed by atoms with Crippen LogP contribution in [0, 0.1) is 12.7 Å². The normalized spacial score (nSPS) is 14.8. The van der Waals surface area contributed by atoms with Gasteiger partial charge in [-0.15, -0.1) is 0 Å². The monoisotopic (exact) mass is 242 g/mol. The molecule has 0 saturated carbocycles. The van der Waals surface area contributed by atoms with E-state index in [2.05, 4.69) is 13.8 Å². The number of benzene rings is 1. The van der Waals surface area contributed by atoms with Crippen molar-refractivity contribution >= 4 is 11.8 Å². The molecule has 0 heterocycles. The summed E-state index contributed by atoms with van der Waals surface area (Å²) < 4.78 is 13.5. The predicted octanol–water partition coefficient (Wildman–Crippen LogP) is 3.70. The van der Waals surface area contributed by atoms with Gasteiger partial charge in [0.15, 0.2) is 0 Å². The minimum atomic E-state index is -0.709. The molecular formula is C13H19FOS. The molecule has 2 unspecified atom stereocenters. The van der Waals surface area contributed by atoms with E-state index in [4.69, 9.17) is 0 Å². The van der Waals surface area contributed by atoms with E-state index in [-0.39, 0.29) is 5.82 Å². The molecule has 16 heavy (non-hydrogen) atoms. The smallest absolute Gasteiger partial charge is 0.129 e.